The Balaban J connectivity index is 2.03. The van der Waals surface area contributed by atoms with Gasteiger partial charge in [-0.05, 0) is 28.8 Å². The van der Waals surface area contributed by atoms with Gasteiger partial charge in [0.15, 0.2) is 3.00 Å². The van der Waals surface area contributed by atoms with Crippen molar-refractivity contribution in [2.24, 2.45) is 0 Å². The summed E-state index contributed by atoms with van der Waals surface area (Å²) in [5, 5.41) is 0. The Bertz CT molecular complexity index is 203. The molecule has 0 bridgehead atoms. The molecule has 94 valence electrons. The first kappa shape index (κ1) is 13.4. The first-order chi connectivity index (χ1) is 7.77. The summed E-state index contributed by atoms with van der Waals surface area (Å²) in [6.45, 7) is 7.54. The Kier molecular flexibility index (Phi) is 5.17. The predicted molar refractivity (Wildman–Crippen MR) is 75.1 cm³/mol. The molecule has 0 aromatic rings. The van der Waals surface area contributed by atoms with Crippen LogP contribution in [0, 0.1) is 0 Å². The van der Waals surface area contributed by atoms with Crippen molar-refractivity contribution in [2.45, 2.75) is 3.00 Å². The number of hydrogen-bond acceptors (Lipinski definition) is 5. The Hall–Kier alpha value is 0.920. The van der Waals surface area contributed by atoms with E-state index in [9.17, 15) is 0 Å². The van der Waals surface area contributed by atoms with E-state index in [1.54, 1.807) is 0 Å². The third kappa shape index (κ3) is 2.84. The summed E-state index contributed by atoms with van der Waals surface area (Å²) >= 11 is 4.49. The van der Waals surface area contributed by atoms with Crippen LogP contribution in [0.4, 0.5) is 0 Å². The van der Waals surface area contributed by atoms with Crippen LogP contribution in [0.25, 0.3) is 0 Å². The number of halogens is 1. The van der Waals surface area contributed by atoms with E-state index in [1.807, 2.05) is 11.8 Å². The van der Waals surface area contributed by atoms with Gasteiger partial charge in [0.25, 0.3) is 0 Å². The smallest absolute Gasteiger partial charge is 0.175 e. The second-order valence-electron chi connectivity index (χ2n) is 3.93. The summed E-state index contributed by atoms with van der Waals surface area (Å²) in [6.07, 6.45) is 2.19. The van der Waals surface area contributed by atoms with Gasteiger partial charge in [0.1, 0.15) is 0 Å². The van der Waals surface area contributed by atoms with Crippen molar-refractivity contribution in [3.8, 4) is 0 Å². The van der Waals surface area contributed by atoms with E-state index in [0.29, 0.717) is 0 Å². The van der Waals surface area contributed by atoms with E-state index in [-0.39, 0.29) is 3.00 Å². The van der Waals surface area contributed by atoms with Gasteiger partial charge in [-0.2, -0.15) is 0 Å². The minimum atomic E-state index is 0.0747. The summed E-state index contributed by atoms with van der Waals surface area (Å²) in [6, 6.07) is 0. The van der Waals surface area contributed by atoms with E-state index in [1.165, 1.54) is 0 Å². The first-order valence-electron chi connectivity index (χ1n) is 5.67. The van der Waals surface area contributed by atoms with Crippen molar-refractivity contribution in [1.82, 2.24) is 9.80 Å². The maximum Gasteiger partial charge on any atom is 0.175 e. The average molecular weight is 358 g/mol. The van der Waals surface area contributed by atoms with Gasteiger partial charge in [0.2, 0.25) is 0 Å². The molecule has 0 amide bonds. The van der Waals surface area contributed by atoms with Crippen molar-refractivity contribution in [1.29, 1.82) is 0 Å². The zero-order valence-corrected chi connectivity index (χ0v) is 12.6. The molecule has 0 spiro atoms. The highest BCUT2D eigenvalue weighted by molar-refractivity contribution is 14.1. The summed E-state index contributed by atoms with van der Waals surface area (Å²) in [5.41, 5.74) is 0. The molecule has 2 aliphatic rings. The number of nitrogens with zero attached hydrogens (tertiary/aromatic N) is 2. The van der Waals surface area contributed by atoms with Crippen molar-refractivity contribution in [3.05, 3.63) is 0 Å². The molecule has 2 heterocycles. The fourth-order valence-electron chi connectivity index (χ4n) is 2.14. The summed E-state index contributed by atoms with van der Waals surface area (Å²) < 4.78 is 10.9. The average Bonchev–Trinajstić information content (AvgIpc) is 2.40. The topological polar surface area (TPSA) is 24.9 Å². The molecule has 0 aromatic carbocycles. The molecule has 0 radical (unpaired) electrons. The maximum atomic E-state index is 5.43. The Morgan fingerprint density at radius 2 is 1.31 bits per heavy atom. The van der Waals surface area contributed by atoms with Crippen LogP contribution < -0.4 is 0 Å². The van der Waals surface area contributed by atoms with Gasteiger partial charge < -0.3 is 9.47 Å². The quantitative estimate of drug-likeness (QED) is 0.427. The van der Waals surface area contributed by atoms with Crippen LogP contribution in [-0.2, 0) is 9.47 Å². The molecule has 0 unspecified atom stereocenters. The van der Waals surface area contributed by atoms with E-state index in [4.69, 9.17) is 9.47 Å². The van der Waals surface area contributed by atoms with Gasteiger partial charge >= 0.3 is 0 Å². The SMILES string of the molecule is CSC(I)(N1CCOCC1)N1CCOCC1. The molecule has 16 heavy (non-hydrogen) atoms. The molecule has 0 aromatic heterocycles. The molecule has 2 rings (SSSR count). The van der Waals surface area contributed by atoms with Crippen LogP contribution in [0.2, 0.25) is 0 Å². The third-order valence-electron chi connectivity index (χ3n) is 3.06. The highest BCUT2D eigenvalue weighted by Gasteiger charge is 2.40. The van der Waals surface area contributed by atoms with E-state index < -0.39 is 0 Å². The molecule has 0 atom stereocenters. The minimum absolute atomic E-state index is 0.0747. The molecule has 0 aliphatic carbocycles. The van der Waals surface area contributed by atoms with Crippen LogP contribution in [0.1, 0.15) is 0 Å². The Labute approximate surface area is 115 Å². The van der Waals surface area contributed by atoms with Crippen LogP contribution in [-0.4, -0.2) is 71.7 Å². The predicted octanol–water partition coefficient (Wildman–Crippen LogP) is 1.06. The van der Waals surface area contributed by atoms with Crippen LogP contribution >= 0.6 is 34.4 Å². The molecule has 4 nitrogen and oxygen atoms in total. The standard InChI is InChI=1S/C10H19IN2O2S/c1-16-10(11,12-2-6-14-7-3-12)13-4-8-15-9-5-13/h2-9H2,1H3. The van der Waals surface area contributed by atoms with Gasteiger partial charge in [-0.1, -0.05) is 0 Å². The van der Waals surface area contributed by atoms with Crippen molar-refractivity contribution < 1.29 is 9.47 Å². The molecule has 0 saturated carbocycles. The number of hydrogen-bond donors (Lipinski definition) is 0. The summed E-state index contributed by atoms with van der Waals surface area (Å²) in [4.78, 5) is 5.04. The summed E-state index contributed by atoms with van der Waals surface area (Å²) in [7, 11) is 0. The van der Waals surface area contributed by atoms with Crippen molar-refractivity contribution >= 4 is 34.4 Å². The first-order valence-corrected chi connectivity index (χ1v) is 7.97. The van der Waals surface area contributed by atoms with Crippen molar-refractivity contribution in [2.75, 3.05) is 58.9 Å². The maximum absolute atomic E-state index is 5.43. The lowest BCUT2D eigenvalue weighted by atomic mass is 10.4. The molecular weight excluding hydrogens is 339 g/mol. The number of alkyl halides is 1. The second-order valence-corrected chi connectivity index (χ2v) is 7.15. The number of thioether (sulfide) groups is 1. The molecular formula is C10H19IN2O2S. The number of ether oxygens (including phenoxy) is 2. The fourth-order valence-corrected chi connectivity index (χ4v) is 3.98. The largest absolute Gasteiger partial charge is 0.379 e. The molecule has 2 saturated heterocycles. The van der Waals surface area contributed by atoms with Gasteiger partial charge in [-0.3, -0.25) is 9.80 Å². The molecule has 2 fully saturated rings. The Morgan fingerprint density at radius 1 is 0.938 bits per heavy atom. The Morgan fingerprint density at radius 3 is 1.62 bits per heavy atom. The lowest BCUT2D eigenvalue weighted by Gasteiger charge is -2.48. The van der Waals surface area contributed by atoms with Crippen LogP contribution in [0.5, 0.6) is 0 Å². The normalized spacial score (nSPS) is 25.9. The van der Waals surface area contributed by atoms with Crippen LogP contribution in [0.3, 0.4) is 0 Å². The van der Waals surface area contributed by atoms with E-state index in [2.05, 4.69) is 38.6 Å². The van der Waals surface area contributed by atoms with Gasteiger partial charge in [0.05, 0.1) is 26.4 Å². The zero-order chi connectivity index (χ0) is 11.4. The van der Waals surface area contributed by atoms with Gasteiger partial charge in [0, 0.05) is 26.2 Å². The zero-order valence-electron chi connectivity index (χ0n) is 9.65. The summed E-state index contributed by atoms with van der Waals surface area (Å²) in [5.74, 6) is 0. The molecule has 2 aliphatic heterocycles. The molecule has 6 heteroatoms. The van der Waals surface area contributed by atoms with E-state index >= 15 is 0 Å². The lowest BCUT2D eigenvalue weighted by Crippen LogP contribution is -2.59. The van der Waals surface area contributed by atoms with Crippen LogP contribution in [0.15, 0.2) is 0 Å². The third-order valence-corrected chi connectivity index (χ3v) is 6.78. The monoisotopic (exact) mass is 358 g/mol. The lowest BCUT2D eigenvalue weighted by molar-refractivity contribution is -0.0411. The molecule has 0 N–H and O–H groups in total. The highest BCUT2D eigenvalue weighted by atomic mass is 127. The minimum Gasteiger partial charge on any atom is -0.379 e. The number of morpholine rings is 2. The second kappa shape index (κ2) is 6.19. The highest BCUT2D eigenvalue weighted by Crippen LogP contribution is 2.39. The fraction of sp³-hybridized carbons (Fsp3) is 1.00. The van der Waals surface area contributed by atoms with Gasteiger partial charge in [-0.25, -0.2) is 0 Å². The number of rotatable bonds is 3. The van der Waals surface area contributed by atoms with E-state index in [0.717, 1.165) is 52.6 Å². The van der Waals surface area contributed by atoms with Gasteiger partial charge in [-0.15, -0.1) is 11.8 Å². The van der Waals surface area contributed by atoms with Crippen molar-refractivity contribution in [3.63, 3.8) is 0 Å².